The van der Waals surface area contributed by atoms with Crippen molar-refractivity contribution < 1.29 is 9.59 Å². The molecule has 1 saturated carbocycles. The molecule has 27 heavy (non-hydrogen) atoms. The number of carbonyl (C=O) groups is 2. The molecule has 2 amide bonds. The van der Waals surface area contributed by atoms with Crippen LogP contribution >= 0.6 is 0 Å². The summed E-state index contributed by atoms with van der Waals surface area (Å²) in [4.78, 5) is 28.1. The maximum atomic E-state index is 13.3. The van der Waals surface area contributed by atoms with Crippen molar-refractivity contribution in [3.8, 4) is 0 Å². The van der Waals surface area contributed by atoms with Crippen molar-refractivity contribution in [2.75, 3.05) is 16.8 Å². The molecule has 0 bridgehead atoms. The van der Waals surface area contributed by atoms with Gasteiger partial charge in [0.05, 0.1) is 0 Å². The Hall–Kier alpha value is -2.62. The average Bonchev–Trinajstić information content (AvgIpc) is 3.49. The SMILES string of the molecule is CC(C)c1ccc(NC(=O)C2(C(=O)N3CCCc4ccccc43)CC2)cc1. The van der Waals surface area contributed by atoms with E-state index in [2.05, 4.69) is 25.2 Å². The number of anilines is 2. The minimum atomic E-state index is -0.902. The number of fused-ring (bicyclic) bond motifs is 1. The molecule has 2 aliphatic rings. The minimum absolute atomic E-state index is 0.0500. The molecule has 0 aromatic heterocycles. The number of carbonyl (C=O) groups excluding carboxylic acids is 2. The van der Waals surface area contributed by atoms with Gasteiger partial charge in [0.2, 0.25) is 11.8 Å². The van der Waals surface area contributed by atoms with Crippen molar-refractivity contribution in [3.63, 3.8) is 0 Å². The normalized spacial score (nSPS) is 17.4. The Kier molecular flexibility index (Phi) is 4.50. The van der Waals surface area contributed by atoms with Gasteiger partial charge in [0.1, 0.15) is 5.41 Å². The van der Waals surface area contributed by atoms with Crippen molar-refractivity contribution in [1.29, 1.82) is 0 Å². The van der Waals surface area contributed by atoms with Crippen LogP contribution in [0.1, 0.15) is 50.2 Å². The molecule has 4 nitrogen and oxygen atoms in total. The molecule has 1 N–H and O–H groups in total. The van der Waals surface area contributed by atoms with Crippen LogP contribution < -0.4 is 10.2 Å². The maximum absolute atomic E-state index is 13.3. The second-order valence-electron chi connectivity index (χ2n) is 8.00. The van der Waals surface area contributed by atoms with Crippen LogP contribution in [0.25, 0.3) is 0 Å². The van der Waals surface area contributed by atoms with E-state index in [9.17, 15) is 9.59 Å². The molecule has 2 aromatic rings. The molecule has 1 fully saturated rings. The van der Waals surface area contributed by atoms with E-state index in [0.29, 0.717) is 25.3 Å². The van der Waals surface area contributed by atoms with E-state index in [0.717, 1.165) is 24.2 Å². The standard InChI is InChI=1S/C23H26N2O2/c1-16(2)17-9-11-19(12-10-17)24-21(26)23(13-14-23)22(27)25-15-5-7-18-6-3-4-8-20(18)25/h3-4,6,8-12,16H,5,7,13-15H2,1-2H3,(H,24,26). The van der Waals surface area contributed by atoms with Crippen LogP contribution in [0.3, 0.4) is 0 Å². The monoisotopic (exact) mass is 362 g/mol. The van der Waals surface area contributed by atoms with E-state index < -0.39 is 5.41 Å². The average molecular weight is 362 g/mol. The Bertz CT molecular complexity index is 866. The minimum Gasteiger partial charge on any atom is -0.325 e. The molecule has 0 spiro atoms. The molecule has 4 rings (SSSR count). The lowest BCUT2D eigenvalue weighted by atomic mass is 9.97. The highest BCUT2D eigenvalue weighted by molar-refractivity contribution is 6.18. The summed E-state index contributed by atoms with van der Waals surface area (Å²) in [5.74, 6) is 0.226. The Morgan fingerprint density at radius 2 is 1.74 bits per heavy atom. The summed E-state index contributed by atoms with van der Waals surface area (Å²) in [5, 5.41) is 2.97. The Morgan fingerprint density at radius 3 is 2.41 bits per heavy atom. The number of rotatable bonds is 4. The predicted octanol–water partition coefficient (Wildman–Crippen LogP) is 4.51. The second-order valence-corrected chi connectivity index (χ2v) is 8.00. The van der Waals surface area contributed by atoms with Gasteiger partial charge in [-0.05, 0) is 60.9 Å². The summed E-state index contributed by atoms with van der Waals surface area (Å²) in [7, 11) is 0. The van der Waals surface area contributed by atoms with Gasteiger partial charge in [-0.2, -0.15) is 0 Å². The molecule has 1 aliphatic heterocycles. The van der Waals surface area contributed by atoms with Crippen LogP contribution in [0, 0.1) is 5.41 Å². The lowest BCUT2D eigenvalue weighted by molar-refractivity contribution is -0.132. The fourth-order valence-corrected chi connectivity index (χ4v) is 3.87. The fraction of sp³-hybridized carbons (Fsp3) is 0.391. The highest BCUT2D eigenvalue weighted by atomic mass is 16.2. The summed E-state index contributed by atoms with van der Waals surface area (Å²) in [6.07, 6.45) is 3.18. The first-order chi connectivity index (χ1) is 13.0. The molecular weight excluding hydrogens is 336 g/mol. The molecule has 1 heterocycles. The third kappa shape index (κ3) is 3.25. The number of hydrogen-bond donors (Lipinski definition) is 1. The van der Waals surface area contributed by atoms with E-state index in [1.165, 1.54) is 11.1 Å². The zero-order valence-electron chi connectivity index (χ0n) is 16.0. The van der Waals surface area contributed by atoms with E-state index in [-0.39, 0.29) is 11.8 Å². The van der Waals surface area contributed by atoms with Gasteiger partial charge >= 0.3 is 0 Å². The number of aryl methyl sites for hydroxylation is 1. The topological polar surface area (TPSA) is 49.4 Å². The Balaban J connectivity index is 1.52. The van der Waals surface area contributed by atoms with Gasteiger partial charge < -0.3 is 10.2 Å². The molecule has 1 aliphatic carbocycles. The van der Waals surface area contributed by atoms with Crippen LogP contribution in [0.15, 0.2) is 48.5 Å². The third-order valence-electron chi connectivity index (χ3n) is 5.78. The Labute approximate surface area is 160 Å². The van der Waals surface area contributed by atoms with Gasteiger partial charge in [-0.3, -0.25) is 9.59 Å². The first-order valence-corrected chi connectivity index (χ1v) is 9.82. The van der Waals surface area contributed by atoms with Gasteiger partial charge in [0, 0.05) is 17.9 Å². The van der Waals surface area contributed by atoms with E-state index in [1.54, 1.807) is 0 Å². The van der Waals surface area contributed by atoms with Crippen molar-refractivity contribution in [3.05, 3.63) is 59.7 Å². The first-order valence-electron chi connectivity index (χ1n) is 9.82. The summed E-state index contributed by atoms with van der Waals surface area (Å²) in [6.45, 7) is 4.97. The summed E-state index contributed by atoms with van der Waals surface area (Å²) in [5.41, 5.74) is 3.24. The number of benzene rings is 2. The van der Waals surface area contributed by atoms with Gasteiger partial charge in [0.15, 0.2) is 0 Å². The number of hydrogen-bond acceptors (Lipinski definition) is 2. The summed E-state index contributed by atoms with van der Waals surface area (Å²) < 4.78 is 0. The molecule has 0 unspecified atom stereocenters. The molecule has 2 aromatic carbocycles. The highest BCUT2D eigenvalue weighted by Gasteiger charge is 2.58. The second kappa shape index (κ2) is 6.84. The van der Waals surface area contributed by atoms with E-state index in [1.807, 2.05) is 47.4 Å². The van der Waals surface area contributed by atoms with Crippen molar-refractivity contribution in [1.82, 2.24) is 0 Å². The van der Waals surface area contributed by atoms with E-state index in [4.69, 9.17) is 0 Å². The number of nitrogens with zero attached hydrogens (tertiary/aromatic N) is 1. The number of para-hydroxylation sites is 1. The van der Waals surface area contributed by atoms with Gasteiger partial charge in [-0.15, -0.1) is 0 Å². The molecule has 4 heteroatoms. The van der Waals surface area contributed by atoms with Crippen LogP contribution in [0.4, 0.5) is 11.4 Å². The third-order valence-corrected chi connectivity index (χ3v) is 5.78. The molecule has 0 atom stereocenters. The van der Waals surface area contributed by atoms with Gasteiger partial charge in [-0.1, -0.05) is 44.2 Å². The largest absolute Gasteiger partial charge is 0.325 e. The lowest BCUT2D eigenvalue weighted by Crippen LogP contribution is -2.45. The van der Waals surface area contributed by atoms with Crippen molar-refractivity contribution >= 4 is 23.2 Å². The van der Waals surface area contributed by atoms with Gasteiger partial charge in [-0.25, -0.2) is 0 Å². The maximum Gasteiger partial charge on any atom is 0.242 e. The molecule has 0 radical (unpaired) electrons. The highest BCUT2D eigenvalue weighted by Crippen LogP contribution is 2.49. The molecule has 140 valence electrons. The number of amides is 2. The van der Waals surface area contributed by atoms with Crippen molar-refractivity contribution in [2.45, 2.75) is 45.4 Å². The first kappa shape index (κ1) is 17.8. The van der Waals surface area contributed by atoms with Gasteiger partial charge in [0.25, 0.3) is 0 Å². The molecule has 0 saturated heterocycles. The smallest absolute Gasteiger partial charge is 0.242 e. The zero-order chi connectivity index (χ0) is 19.0. The number of nitrogens with one attached hydrogen (secondary N) is 1. The van der Waals surface area contributed by atoms with Crippen molar-refractivity contribution in [2.24, 2.45) is 5.41 Å². The van der Waals surface area contributed by atoms with Crippen LogP contribution in [0.5, 0.6) is 0 Å². The van der Waals surface area contributed by atoms with Crippen LogP contribution in [-0.4, -0.2) is 18.4 Å². The Morgan fingerprint density at radius 1 is 1.04 bits per heavy atom. The van der Waals surface area contributed by atoms with Crippen LogP contribution in [0.2, 0.25) is 0 Å². The lowest BCUT2D eigenvalue weighted by Gasteiger charge is -2.32. The zero-order valence-corrected chi connectivity index (χ0v) is 16.0. The summed E-state index contributed by atoms with van der Waals surface area (Å²) >= 11 is 0. The molecular formula is C23H26N2O2. The fourth-order valence-electron chi connectivity index (χ4n) is 3.87. The van der Waals surface area contributed by atoms with Crippen LogP contribution in [-0.2, 0) is 16.0 Å². The predicted molar refractivity (Wildman–Crippen MR) is 108 cm³/mol. The summed E-state index contributed by atoms with van der Waals surface area (Å²) in [6, 6.07) is 15.9. The quantitative estimate of drug-likeness (QED) is 0.814. The van der Waals surface area contributed by atoms with E-state index >= 15 is 0 Å².